The van der Waals surface area contributed by atoms with E-state index in [4.69, 9.17) is 4.74 Å². The number of nitrogens with one attached hydrogen (secondary N) is 1. The predicted molar refractivity (Wildman–Crippen MR) is 109 cm³/mol. The largest absolute Gasteiger partial charge is 0.379 e. The quantitative estimate of drug-likeness (QED) is 0.736. The number of hydrogen-bond donors (Lipinski definition) is 1. The Bertz CT molecular complexity index is 958. The van der Waals surface area contributed by atoms with Crippen molar-refractivity contribution in [3.63, 3.8) is 0 Å². The van der Waals surface area contributed by atoms with E-state index >= 15 is 0 Å². The van der Waals surface area contributed by atoms with Gasteiger partial charge in [0.05, 0.1) is 25.1 Å². The zero-order chi connectivity index (χ0) is 18.9. The fraction of sp³-hybridized carbons (Fsp3) is 0.476. The van der Waals surface area contributed by atoms with Crippen LogP contribution in [0.25, 0.3) is 22.0 Å². The minimum Gasteiger partial charge on any atom is -0.379 e. The molecule has 3 aromatic rings. The van der Waals surface area contributed by atoms with Gasteiger partial charge in [-0.15, -0.1) is 0 Å². The summed E-state index contributed by atoms with van der Waals surface area (Å²) in [7, 11) is 1.92. The van der Waals surface area contributed by atoms with E-state index in [1.165, 1.54) is 12.8 Å². The average Bonchev–Trinajstić information content (AvgIpc) is 3.13. The van der Waals surface area contributed by atoms with Gasteiger partial charge in [-0.25, -0.2) is 4.98 Å². The number of fused-ring (bicyclic) bond motifs is 1. The Labute approximate surface area is 164 Å². The van der Waals surface area contributed by atoms with Crippen molar-refractivity contribution in [2.75, 3.05) is 38.2 Å². The van der Waals surface area contributed by atoms with Gasteiger partial charge in [0.1, 0.15) is 5.82 Å². The van der Waals surface area contributed by atoms with Crippen LogP contribution in [-0.2, 0) is 11.8 Å². The fourth-order valence-electron chi connectivity index (χ4n) is 4.20. The van der Waals surface area contributed by atoms with Crippen LogP contribution < -0.4 is 5.32 Å². The molecule has 0 atom stereocenters. The molecule has 0 amide bonds. The molecule has 1 saturated carbocycles. The normalized spacial score (nSPS) is 22.9. The summed E-state index contributed by atoms with van der Waals surface area (Å²) in [6.07, 6.45) is 10.2. The number of pyridine rings is 2. The molecular weight excluding hydrogens is 352 g/mol. The first-order chi connectivity index (χ1) is 13.7. The zero-order valence-corrected chi connectivity index (χ0v) is 16.2. The highest BCUT2D eigenvalue weighted by molar-refractivity contribution is 5.86. The molecule has 2 fully saturated rings. The van der Waals surface area contributed by atoms with Crippen LogP contribution in [0, 0.1) is 5.92 Å². The molecule has 3 aromatic heterocycles. The van der Waals surface area contributed by atoms with E-state index in [2.05, 4.69) is 37.4 Å². The van der Waals surface area contributed by atoms with Crippen molar-refractivity contribution >= 4 is 16.6 Å². The van der Waals surface area contributed by atoms with Crippen molar-refractivity contribution in [3.05, 3.63) is 36.9 Å². The lowest BCUT2D eigenvalue weighted by molar-refractivity contribution is -0.0151. The highest BCUT2D eigenvalue weighted by atomic mass is 16.5. The molecule has 0 aromatic carbocycles. The molecule has 2 aliphatic rings. The standard InChI is InChI=1S/C21H26N6O/c1-26-14-18(13-25-26)20-8-16-9-21(24-12-17(16)11-22-20)23-10-15-6-19(7-15)27-2-4-28-5-3-27/h8-9,11-15,19H,2-7,10H2,1H3,(H,23,24). The van der Waals surface area contributed by atoms with Crippen LogP contribution in [-0.4, -0.2) is 63.5 Å². The van der Waals surface area contributed by atoms with Gasteiger partial charge in [0, 0.05) is 62.3 Å². The maximum atomic E-state index is 5.45. The molecule has 1 saturated heterocycles. The Morgan fingerprint density at radius 1 is 1.07 bits per heavy atom. The van der Waals surface area contributed by atoms with Crippen molar-refractivity contribution in [1.29, 1.82) is 0 Å². The van der Waals surface area contributed by atoms with E-state index in [0.717, 1.165) is 72.7 Å². The summed E-state index contributed by atoms with van der Waals surface area (Å²) < 4.78 is 7.25. The lowest BCUT2D eigenvalue weighted by Gasteiger charge is -2.44. The van der Waals surface area contributed by atoms with Crippen LogP contribution in [0.1, 0.15) is 12.8 Å². The van der Waals surface area contributed by atoms with Gasteiger partial charge in [0.2, 0.25) is 0 Å². The molecule has 7 nitrogen and oxygen atoms in total. The molecule has 1 aliphatic carbocycles. The number of anilines is 1. The second kappa shape index (κ2) is 7.48. The molecule has 0 spiro atoms. The third-order valence-electron chi connectivity index (χ3n) is 5.95. The summed E-state index contributed by atoms with van der Waals surface area (Å²) >= 11 is 0. The highest BCUT2D eigenvalue weighted by Crippen LogP contribution is 2.32. The van der Waals surface area contributed by atoms with Crippen molar-refractivity contribution in [2.45, 2.75) is 18.9 Å². The monoisotopic (exact) mass is 378 g/mol. The molecule has 0 radical (unpaired) electrons. The minimum atomic E-state index is 0.730. The maximum Gasteiger partial charge on any atom is 0.126 e. The van der Waals surface area contributed by atoms with Crippen molar-refractivity contribution in [1.82, 2.24) is 24.6 Å². The first kappa shape index (κ1) is 17.6. The topological polar surface area (TPSA) is 68.1 Å². The molecule has 7 heteroatoms. The summed E-state index contributed by atoms with van der Waals surface area (Å²) in [5.74, 6) is 1.67. The lowest BCUT2D eigenvalue weighted by Crippen LogP contribution is -2.50. The fourth-order valence-corrected chi connectivity index (χ4v) is 4.20. The molecule has 28 heavy (non-hydrogen) atoms. The molecule has 1 aliphatic heterocycles. The number of hydrogen-bond acceptors (Lipinski definition) is 6. The Hall–Kier alpha value is -2.51. The van der Waals surface area contributed by atoms with E-state index in [1.807, 2.05) is 31.8 Å². The average molecular weight is 378 g/mol. The van der Waals surface area contributed by atoms with E-state index in [1.54, 1.807) is 4.68 Å². The van der Waals surface area contributed by atoms with Gasteiger partial charge in [0.15, 0.2) is 0 Å². The second-order valence-corrected chi connectivity index (χ2v) is 7.91. The Balaban J connectivity index is 1.21. The van der Waals surface area contributed by atoms with Crippen LogP contribution >= 0.6 is 0 Å². The minimum absolute atomic E-state index is 0.730. The van der Waals surface area contributed by atoms with Gasteiger partial charge in [-0.3, -0.25) is 14.6 Å². The van der Waals surface area contributed by atoms with Gasteiger partial charge in [-0.2, -0.15) is 5.10 Å². The molecule has 0 unspecified atom stereocenters. The molecule has 5 rings (SSSR count). The molecule has 1 N–H and O–H groups in total. The number of rotatable bonds is 5. The maximum absolute atomic E-state index is 5.45. The molecular formula is C21H26N6O. The second-order valence-electron chi connectivity index (χ2n) is 7.91. The molecule has 146 valence electrons. The summed E-state index contributed by atoms with van der Waals surface area (Å²) in [5.41, 5.74) is 1.96. The number of nitrogens with zero attached hydrogens (tertiary/aromatic N) is 5. The summed E-state index contributed by atoms with van der Waals surface area (Å²) in [6.45, 7) is 4.93. The van der Waals surface area contributed by atoms with Crippen molar-refractivity contribution < 1.29 is 4.74 Å². The lowest BCUT2D eigenvalue weighted by atomic mass is 9.79. The number of morpholine rings is 1. The van der Waals surface area contributed by atoms with E-state index < -0.39 is 0 Å². The van der Waals surface area contributed by atoms with Crippen LogP contribution in [0.3, 0.4) is 0 Å². The van der Waals surface area contributed by atoms with Gasteiger partial charge >= 0.3 is 0 Å². The number of ether oxygens (including phenoxy) is 1. The van der Waals surface area contributed by atoms with Gasteiger partial charge in [-0.1, -0.05) is 0 Å². The van der Waals surface area contributed by atoms with Crippen LogP contribution in [0.2, 0.25) is 0 Å². The summed E-state index contributed by atoms with van der Waals surface area (Å²) in [6, 6.07) is 4.97. The number of aryl methyl sites for hydroxylation is 1. The first-order valence-corrected chi connectivity index (χ1v) is 10.0. The Kier molecular flexibility index (Phi) is 4.70. The third-order valence-corrected chi connectivity index (χ3v) is 5.95. The van der Waals surface area contributed by atoms with Crippen LogP contribution in [0.15, 0.2) is 36.9 Å². The van der Waals surface area contributed by atoms with Crippen LogP contribution in [0.4, 0.5) is 5.82 Å². The van der Waals surface area contributed by atoms with Gasteiger partial charge in [0.25, 0.3) is 0 Å². The third kappa shape index (κ3) is 3.59. The van der Waals surface area contributed by atoms with E-state index in [0.29, 0.717) is 0 Å². The Morgan fingerprint density at radius 3 is 2.68 bits per heavy atom. The van der Waals surface area contributed by atoms with Gasteiger partial charge < -0.3 is 10.1 Å². The van der Waals surface area contributed by atoms with Gasteiger partial charge in [-0.05, 0) is 36.3 Å². The van der Waals surface area contributed by atoms with E-state index in [9.17, 15) is 0 Å². The predicted octanol–water partition coefficient (Wildman–Crippen LogP) is 2.55. The van der Waals surface area contributed by atoms with E-state index in [-0.39, 0.29) is 0 Å². The molecule has 4 heterocycles. The smallest absolute Gasteiger partial charge is 0.126 e. The summed E-state index contributed by atoms with van der Waals surface area (Å²) in [5, 5.41) is 9.97. The van der Waals surface area contributed by atoms with Crippen LogP contribution in [0.5, 0.6) is 0 Å². The van der Waals surface area contributed by atoms with Crippen molar-refractivity contribution in [2.24, 2.45) is 13.0 Å². The summed E-state index contributed by atoms with van der Waals surface area (Å²) in [4.78, 5) is 11.7. The zero-order valence-electron chi connectivity index (χ0n) is 16.2. The first-order valence-electron chi connectivity index (χ1n) is 10.0. The SMILES string of the molecule is Cn1cc(-c2cc3cc(NCC4CC(N5CCOCC5)C4)ncc3cn2)cn1. The highest BCUT2D eigenvalue weighted by Gasteiger charge is 2.33. The van der Waals surface area contributed by atoms with Crippen molar-refractivity contribution in [3.8, 4) is 11.3 Å². The molecule has 0 bridgehead atoms. The number of aromatic nitrogens is 4. The Morgan fingerprint density at radius 2 is 1.89 bits per heavy atom.